The van der Waals surface area contributed by atoms with Crippen LogP contribution in [0.3, 0.4) is 0 Å². The quantitative estimate of drug-likeness (QED) is 0.357. The Morgan fingerprint density at radius 3 is 2.62 bits per heavy atom. The van der Waals surface area contributed by atoms with E-state index in [-0.39, 0.29) is 0 Å². The van der Waals surface area contributed by atoms with E-state index >= 15 is 0 Å². The third-order valence-electron chi connectivity index (χ3n) is 1.01. The van der Waals surface area contributed by atoms with Gasteiger partial charge in [-0.3, -0.25) is 0 Å². The van der Waals surface area contributed by atoms with Crippen LogP contribution >= 0.6 is 0 Å². The van der Waals surface area contributed by atoms with Crippen molar-refractivity contribution >= 4 is 12.7 Å². The minimum Gasteiger partial charge on any atom is -0.422 e. The minimum absolute atomic E-state index is 0.421. The van der Waals surface area contributed by atoms with Gasteiger partial charge in [-0.15, -0.1) is 0 Å². The van der Waals surface area contributed by atoms with Crippen molar-refractivity contribution in [3.63, 3.8) is 0 Å². The summed E-state index contributed by atoms with van der Waals surface area (Å²) in [5.74, 6) is 0. The van der Waals surface area contributed by atoms with Crippen molar-refractivity contribution < 1.29 is 10.0 Å². The van der Waals surface area contributed by atoms with E-state index in [9.17, 15) is 0 Å². The van der Waals surface area contributed by atoms with E-state index < -0.39 is 7.12 Å². The van der Waals surface area contributed by atoms with Crippen LogP contribution in [0.5, 0.6) is 0 Å². The fraction of sp³-hybridized carbons (Fsp3) is 0.667. The molecule has 4 nitrogen and oxygen atoms in total. The molecule has 1 aliphatic heterocycles. The third-order valence-corrected chi connectivity index (χ3v) is 1.01. The molecule has 44 valence electrons. The zero-order chi connectivity index (χ0) is 5.98. The summed E-state index contributed by atoms with van der Waals surface area (Å²) in [5.41, 5.74) is 3.04. The zero-order valence-corrected chi connectivity index (χ0v) is 4.33. The number of hydrogen-bond donors (Lipinski definition) is 3. The summed E-state index contributed by atoms with van der Waals surface area (Å²) in [6.07, 6.45) is 0.637. The second kappa shape index (κ2) is 2.15. The molecular weight excluding hydrogens is 107 g/mol. The van der Waals surface area contributed by atoms with E-state index in [1.807, 2.05) is 0 Å². The Hall–Kier alpha value is -0.545. The fourth-order valence-corrected chi connectivity index (χ4v) is 0.584. The van der Waals surface area contributed by atoms with Crippen LogP contribution in [0.15, 0.2) is 5.10 Å². The highest BCUT2D eigenvalue weighted by atomic mass is 16.4. The first kappa shape index (κ1) is 5.59. The van der Waals surface area contributed by atoms with Gasteiger partial charge in [0, 0.05) is 13.0 Å². The van der Waals surface area contributed by atoms with Gasteiger partial charge in [-0.2, -0.15) is 5.10 Å². The second-order valence-corrected chi connectivity index (χ2v) is 1.63. The Labute approximate surface area is 47.4 Å². The molecule has 0 saturated carbocycles. The lowest BCUT2D eigenvalue weighted by molar-refractivity contribution is 0.429. The molecule has 3 N–H and O–H groups in total. The molecule has 0 bridgehead atoms. The Morgan fingerprint density at radius 2 is 2.38 bits per heavy atom. The van der Waals surface area contributed by atoms with Gasteiger partial charge < -0.3 is 15.5 Å². The Morgan fingerprint density at radius 1 is 1.62 bits per heavy atom. The van der Waals surface area contributed by atoms with Crippen molar-refractivity contribution in [2.24, 2.45) is 5.10 Å². The number of nitrogens with zero attached hydrogens (tertiary/aromatic N) is 1. The molecule has 0 aromatic rings. The van der Waals surface area contributed by atoms with Gasteiger partial charge in [0.1, 0.15) is 0 Å². The lowest BCUT2D eigenvalue weighted by Crippen LogP contribution is -2.23. The molecule has 5 heteroatoms. The Balaban J connectivity index is 2.45. The lowest BCUT2D eigenvalue weighted by atomic mass is 9.82. The molecule has 1 heterocycles. The van der Waals surface area contributed by atoms with E-state index in [0.29, 0.717) is 18.6 Å². The normalized spacial score (nSPS) is 17.5. The maximum absolute atomic E-state index is 8.44. The summed E-state index contributed by atoms with van der Waals surface area (Å²) in [6.45, 7) is 0.715. The summed E-state index contributed by atoms with van der Waals surface area (Å²) in [4.78, 5) is 0. The average molecular weight is 114 g/mol. The molecule has 0 unspecified atom stereocenters. The highest BCUT2D eigenvalue weighted by molar-refractivity contribution is 6.80. The van der Waals surface area contributed by atoms with E-state index in [0.717, 1.165) is 0 Å². The monoisotopic (exact) mass is 114 g/mol. The number of hydrogen-bond acceptors (Lipinski definition) is 4. The van der Waals surface area contributed by atoms with Crippen molar-refractivity contribution in [1.29, 1.82) is 0 Å². The molecule has 0 aliphatic carbocycles. The smallest absolute Gasteiger partial charge is 0.422 e. The number of rotatable bonds is 1. The molecule has 0 fully saturated rings. The molecule has 0 radical (unpaired) electrons. The summed E-state index contributed by atoms with van der Waals surface area (Å²) < 4.78 is 0. The van der Waals surface area contributed by atoms with Crippen LogP contribution in [-0.4, -0.2) is 29.3 Å². The first-order chi connectivity index (χ1) is 3.80. The molecule has 0 saturated heterocycles. The number of hydrazone groups is 1. The van der Waals surface area contributed by atoms with E-state index in [1.165, 1.54) is 0 Å². The highest BCUT2D eigenvalue weighted by Crippen LogP contribution is 1.92. The van der Waals surface area contributed by atoms with Gasteiger partial charge >= 0.3 is 7.12 Å². The highest BCUT2D eigenvalue weighted by Gasteiger charge is 2.19. The summed E-state index contributed by atoms with van der Waals surface area (Å²) >= 11 is 0. The first-order valence-electron chi connectivity index (χ1n) is 2.46. The van der Waals surface area contributed by atoms with Crippen molar-refractivity contribution in [1.82, 2.24) is 5.43 Å². The molecule has 0 amide bonds. The fourth-order valence-electron chi connectivity index (χ4n) is 0.584. The predicted octanol–water partition coefficient (Wildman–Crippen LogP) is -1.65. The SMILES string of the molecule is OB(O)C1=NNCC1. The van der Waals surface area contributed by atoms with Crippen LogP contribution < -0.4 is 5.43 Å². The molecular formula is C3H7BN2O2. The second-order valence-electron chi connectivity index (χ2n) is 1.63. The van der Waals surface area contributed by atoms with Gasteiger partial charge in [0.2, 0.25) is 0 Å². The molecule has 0 aromatic carbocycles. The molecule has 0 spiro atoms. The van der Waals surface area contributed by atoms with Gasteiger partial charge in [-0.25, -0.2) is 0 Å². The van der Waals surface area contributed by atoms with Crippen molar-refractivity contribution in [3.8, 4) is 0 Å². The molecule has 8 heavy (non-hydrogen) atoms. The van der Waals surface area contributed by atoms with Crippen molar-refractivity contribution in [2.75, 3.05) is 6.54 Å². The zero-order valence-electron chi connectivity index (χ0n) is 4.33. The standard InChI is InChI=1S/C3H7BN2O2/c7-4(8)3-1-2-5-6-3/h5,7-8H,1-2H2. The molecule has 1 aliphatic rings. The Bertz CT molecular complexity index is 114. The number of nitrogens with one attached hydrogen (secondary N) is 1. The average Bonchev–Trinajstić information content (AvgIpc) is 2.12. The maximum atomic E-state index is 8.44. The van der Waals surface area contributed by atoms with Gasteiger partial charge in [0.05, 0.1) is 5.61 Å². The van der Waals surface area contributed by atoms with Crippen LogP contribution in [0.4, 0.5) is 0 Å². The molecule has 1 rings (SSSR count). The van der Waals surface area contributed by atoms with E-state index in [2.05, 4.69) is 10.5 Å². The summed E-state index contributed by atoms with van der Waals surface area (Å²) in [7, 11) is -1.37. The maximum Gasteiger partial charge on any atom is 0.505 e. The van der Waals surface area contributed by atoms with Crippen LogP contribution in [0.25, 0.3) is 0 Å². The Kier molecular flexibility index (Phi) is 1.50. The molecule has 0 atom stereocenters. The van der Waals surface area contributed by atoms with Crippen LogP contribution in [0, 0.1) is 0 Å². The van der Waals surface area contributed by atoms with Crippen molar-refractivity contribution in [3.05, 3.63) is 0 Å². The lowest BCUT2D eigenvalue weighted by Gasteiger charge is -1.90. The first-order valence-corrected chi connectivity index (χ1v) is 2.46. The minimum atomic E-state index is -1.37. The van der Waals surface area contributed by atoms with Gasteiger partial charge in [0.25, 0.3) is 0 Å². The van der Waals surface area contributed by atoms with E-state index in [1.54, 1.807) is 0 Å². The van der Waals surface area contributed by atoms with Gasteiger partial charge in [-0.05, 0) is 0 Å². The van der Waals surface area contributed by atoms with Gasteiger partial charge in [-0.1, -0.05) is 0 Å². The topological polar surface area (TPSA) is 64.8 Å². The molecule has 0 aromatic heterocycles. The largest absolute Gasteiger partial charge is 0.505 e. The summed E-state index contributed by atoms with van der Waals surface area (Å²) in [6, 6.07) is 0. The predicted molar refractivity (Wildman–Crippen MR) is 30.2 cm³/mol. The van der Waals surface area contributed by atoms with Crippen LogP contribution in [-0.2, 0) is 0 Å². The van der Waals surface area contributed by atoms with Crippen LogP contribution in [0.1, 0.15) is 6.42 Å². The third kappa shape index (κ3) is 0.990. The summed E-state index contributed by atoms with van der Waals surface area (Å²) in [5, 5.41) is 20.5. The van der Waals surface area contributed by atoms with Crippen molar-refractivity contribution in [2.45, 2.75) is 6.42 Å². The van der Waals surface area contributed by atoms with E-state index in [4.69, 9.17) is 10.0 Å². The van der Waals surface area contributed by atoms with Crippen LogP contribution in [0.2, 0.25) is 0 Å². The van der Waals surface area contributed by atoms with Gasteiger partial charge in [0.15, 0.2) is 0 Å².